The number of nitrogens with one attached hydrogen (secondary N) is 1. The minimum Gasteiger partial charge on any atom is -0.462 e. The zero-order valence-electron chi connectivity index (χ0n) is 16.0. The van der Waals surface area contributed by atoms with Crippen LogP contribution < -0.4 is 0 Å². The van der Waals surface area contributed by atoms with E-state index in [0.29, 0.717) is 48.3 Å². The number of piperazine rings is 1. The molecule has 7 heteroatoms. The van der Waals surface area contributed by atoms with Crippen LogP contribution in [0.5, 0.6) is 0 Å². The lowest BCUT2D eigenvalue weighted by molar-refractivity contribution is 0.0429. The first-order chi connectivity index (χ1) is 12.5. The van der Waals surface area contributed by atoms with Crippen molar-refractivity contribution >= 4 is 11.9 Å². The second-order valence-corrected chi connectivity index (χ2v) is 7.07. The van der Waals surface area contributed by atoms with Crippen molar-refractivity contribution in [2.45, 2.75) is 39.7 Å². The number of hydrogen-bond acceptors (Lipinski definition) is 5. The first kappa shape index (κ1) is 18.9. The highest BCUT2D eigenvalue weighted by Gasteiger charge is 2.29. The average Bonchev–Trinajstić information content (AvgIpc) is 3.23. The van der Waals surface area contributed by atoms with Gasteiger partial charge < -0.3 is 19.4 Å². The van der Waals surface area contributed by atoms with Gasteiger partial charge in [0.2, 0.25) is 0 Å². The van der Waals surface area contributed by atoms with E-state index in [4.69, 9.17) is 9.47 Å². The summed E-state index contributed by atoms with van der Waals surface area (Å²) in [6.45, 7) is 10.6. The molecule has 2 fully saturated rings. The van der Waals surface area contributed by atoms with Crippen LogP contribution in [0, 0.1) is 13.8 Å². The molecule has 0 aromatic carbocycles. The summed E-state index contributed by atoms with van der Waals surface area (Å²) in [5.74, 6) is -0.419. The van der Waals surface area contributed by atoms with Gasteiger partial charge in [-0.2, -0.15) is 0 Å². The number of ether oxygens (including phenoxy) is 2. The highest BCUT2D eigenvalue weighted by Crippen LogP contribution is 2.21. The van der Waals surface area contributed by atoms with Gasteiger partial charge in [0, 0.05) is 45.0 Å². The van der Waals surface area contributed by atoms with Gasteiger partial charge in [-0.25, -0.2) is 4.79 Å². The first-order valence-corrected chi connectivity index (χ1v) is 9.50. The van der Waals surface area contributed by atoms with Crippen molar-refractivity contribution in [1.82, 2.24) is 14.8 Å². The Balaban J connectivity index is 1.61. The maximum Gasteiger partial charge on any atom is 0.340 e. The molecule has 1 amide bonds. The maximum absolute atomic E-state index is 12.9. The summed E-state index contributed by atoms with van der Waals surface area (Å²) in [6.07, 6.45) is 2.63. The highest BCUT2D eigenvalue weighted by atomic mass is 16.5. The number of aromatic amines is 1. The number of amides is 1. The molecule has 1 N–H and O–H groups in total. The van der Waals surface area contributed by atoms with Gasteiger partial charge in [-0.3, -0.25) is 9.69 Å². The summed E-state index contributed by atoms with van der Waals surface area (Å²) >= 11 is 0. The predicted molar refractivity (Wildman–Crippen MR) is 97.5 cm³/mol. The van der Waals surface area contributed by atoms with E-state index < -0.39 is 0 Å². The Kier molecular flexibility index (Phi) is 5.98. The van der Waals surface area contributed by atoms with Crippen molar-refractivity contribution in [1.29, 1.82) is 0 Å². The third-order valence-corrected chi connectivity index (χ3v) is 5.28. The molecule has 1 atom stereocenters. The topological polar surface area (TPSA) is 74.9 Å². The SMILES string of the molecule is CCOC(=O)c1c(C)[nH]c(C(=O)N2CCN(CC3CCCO3)CC2)c1C. The van der Waals surface area contributed by atoms with Crippen LogP contribution in [0.2, 0.25) is 0 Å². The maximum atomic E-state index is 12.9. The number of H-pyrrole nitrogens is 1. The van der Waals surface area contributed by atoms with E-state index in [1.807, 2.05) is 4.90 Å². The standard InChI is InChI=1S/C19H29N3O4/c1-4-25-19(24)16-13(2)17(20-14(16)3)18(23)22-9-7-21(8-10-22)12-15-6-5-11-26-15/h15,20H,4-12H2,1-3H3. The van der Waals surface area contributed by atoms with Crippen LogP contribution in [-0.2, 0) is 9.47 Å². The summed E-state index contributed by atoms with van der Waals surface area (Å²) in [5, 5.41) is 0. The van der Waals surface area contributed by atoms with E-state index in [9.17, 15) is 9.59 Å². The molecule has 0 aliphatic carbocycles. The summed E-state index contributed by atoms with van der Waals surface area (Å²) < 4.78 is 10.8. The third-order valence-electron chi connectivity index (χ3n) is 5.28. The second-order valence-electron chi connectivity index (χ2n) is 7.07. The number of nitrogens with zero attached hydrogens (tertiary/aromatic N) is 2. The molecule has 3 rings (SSSR count). The number of esters is 1. The van der Waals surface area contributed by atoms with Gasteiger partial charge in [0.05, 0.1) is 18.3 Å². The van der Waals surface area contributed by atoms with Gasteiger partial charge in [0.1, 0.15) is 5.69 Å². The van der Waals surface area contributed by atoms with Gasteiger partial charge in [-0.15, -0.1) is 0 Å². The Bertz CT molecular complexity index is 656. The molecular weight excluding hydrogens is 334 g/mol. The fourth-order valence-electron chi connectivity index (χ4n) is 3.84. The molecule has 1 unspecified atom stereocenters. The van der Waals surface area contributed by atoms with E-state index in [0.717, 1.165) is 39.1 Å². The van der Waals surface area contributed by atoms with Crippen LogP contribution in [0.3, 0.4) is 0 Å². The lowest BCUT2D eigenvalue weighted by Gasteiger charge is -2.35. The molecule has 2 aliphatic rings. The Morgan fingerprint density at radius 2 is 1.96 bits per heavy atom. The van der Waals surface area contributed by atoms with Crippen LogP contribution in [0.15, 0.2) is 0 Å². The molecule has 1 aromatic rings. The zero-order valence-corrected chi connectivity index (χ0v) is 16.0. The molecule has 0 bridgehead atoms. The Hall–Kier alpha value is -1.86. The number of hydrogen-bond donors (Lipinski definition) is 1. The van der Waals surface area contributed by atoms with Crippen molar-refractivity contribution in [3.63, 3.8) is 0 Å². The van der Waals surface area contributed by atoms with Gasteiger partial charge in [0.25, 0.3) is 5.91 Å². The van der Waals surface area contributed by atoms with Crippen molar-refractivity contribution in [3.8, 4) is 0 Å². The van der Waals surface area contributed by atoms with Gasteiger partial charge >= 0.3 is 5.97 Å². The molecule has 3 heterocycles. The molecule has 2 saturated heterocycles. The normalized spacial score (nSPS) is 21.2. The first-order valence-electron chi connectivity index (χ1n) is 9.50. The molecule has 144 valence electrons. The zero-order chi connectivity index (χ0) is 18.7. The number of carbonyl (C=O) groups excluding carboxylic acids is 2. The molecule has 26 heavy (non-hydrogen) atoms. The summed E-state index contributed by atoms with van der Waals surface area (Å²) in [7, 11) is 0. The molecule has 0 spiro atoms. The van der Waals surface area contributed by atoms with Crippen molar-refractivity contribution in [2.24, 2.45) is 0 Å². The van der Waals surface area contributed by atoms with Gasteiger partial charge in [0.15, 0.2) is 0 Å². The Morgan fingerprint density at radius 1 is 1.23 bits per heavy atom. The molecular formula is C19H29N3O4. The molecule has 0 radical (unpaired) electrons. The smallest absolute Gasteiger partial charge is 0.340 e. The molecule has 2 aliphatic heterocycles. The van der Waals surface area contributed by atoms with Crippen LogP contribution in [0.4, 0.5) is 0 Å². The fourth-order valence-corrected chi connectivity index (χ4v) is 3.84. The summed E-state index contributed by atoms with van der Waals surface area (Å²) in [5.41, 5.74) is 2.33. The summed E-state index contributed by atoms with van der Waals surface area (Å²) in [6, 6.07) is 0. The number of rotatable bonds is 5. The minimum absolute atomic E-state index is 0.0436. The van der Waals surface area contributed by atoms with E-state index in [-0.39, 0.29) is 11.9 Å². The quantitative estimate of drug-likeness (QED) is 0.807. The fraction of sp³-hybridized carbons (Fsp3) is 0.684. The van der Waals surface area contributed by atoms with Crippen molar-refractivity contribution in [2.75, 3.05) is 45.9 Å². The van der Waals surface area contributed by atoms with Crippen LogP contribution >= 0.6 is 0 Å². The van der Waals surface area contributed by atoms with Crippen molar-refractivity contribution in [3.05, 3.63) is 22.5 Å². The second kappa shape index (κ2) is 8.22. The lowest BCUT2D eigenvalue weighted by Crippen LogP contribution is -2.50. The predicted octanol–water partition coefficient (Wildman–Crippen LogP) is 1.75. The average molecular weight is 363 g/mol. The highest BCUT2D eigenvalue weighted by molar-refractivity contribution is 6.00. The lowest BCUT2D eigenvalue weighted by atomic mass is 10.1. The monoisotopic (exact) mass is 363 g/mol. The van der Waals surface area contributed by atoms with E-state index in [2.05, 4.69) is 9.88 Å². The largest absolute Gasteiger partial charge is 0.462 e. The number of carbonyl (C=O) groups is 2. The van der Waals surface area contributed by atoms with Gasteiger partial charge in [-0.1, -0.05) is 0 Å². The van der Waals surface area contributed by atoms with Crippen LogP contribution in [0.1, 0.15) is 51.9 Å². The number of aromatic nitrogens is 1. The molecule has 0 saturated carbocycles. The third kappa shape index (κ3) is 3.94. The van der Waals surface area contributed by atoms with Crippen LogP contribution in [0.25, 0.3) is 0 Å². The van der Waals surface area contributed by atoms with E-state index in [1.165, 1.54) is 0 Å². The molecule has 1 aromatic heterocycles. The number of aryl methyl sites for hydroxylation is 1. The Labute approximate surface area is 154 Å². The van der Waals surface area contributed by atoms with Crippen molar-refractivity contribution < 1.29 is 19.1 Å². The molecule has 7 nitrogen and oxygen atoms in total. The Morgan fingerprint density at radius 3 is 2.58 bits per heavy atom. The minimum atomic E-state index is -0.376. The van der Waals surface area contributed by atoms with E-state index >= 15 is 0 Å². The van der Waals surface area contributed by atoms with Crippen LogP contribution in [-0.4, -0.2) is 78.7 Å². The summed E-state index contributed by atoms with van der Waals surface area (Å²) in [4.78, 5) is 32.4. The van der Waals surface area contributed by atoms with Gasteiger partial charge in [-0.05, 0) is 39.2 Å². The van der Waals surface area contributed by atoms with E-state index in [1.54, 1.807) is 20.8 Å².